The zero-order chi connectivity index (χ0) is 9.10. The van der Waals surface area contributed by atoms with E-state index in [4.69, 9.17) is 0 Å². The minimum atomic E-state index is 0. The lowest BCUT2D eigenvalue weighted by molar-refractivity contribution is 0.739. The summed E-state index contributed by atoms with van der Waals surface area (Å²) in [7, 11) is 0. The van der Waals surface area contributed by atoms with Gasteiger partial charge in [0.15, 0.2) is 0 Å². The number of aliphatic imine (C=N–C) groups is 1. The Hall–Kier alpha value is -0.120. The van der Waals surface area contributed by atoms with E-state index in [0.29, 0.717) is 6.04 Å². The maximum absolute atomic E-state index is 4.62. The summed E-state index contributed by atoms with van der Waals surface area (Å²) in [6, 6.07) is 0.572. The van der Waals surface area contributed by atoms with Gasteiger partial charge in [-0.25, -0.2) is 0 Å². The molecular weight excluding hydrogens is 285 g/mol. The molecule has 2 heteroatoms. The Morgan fingerprint density at radius 3 is 2.86 bits per heavy atom. The van der Waals surface area contributed by atoms with Gasteiger partial charge in [-0.15, -0.1) is 24.0 Å². The van der Waals surface area contributed by atoms with Crippen molar-refractivity contribution >= 4 is 29.7 Å². The van der Waals surface area contributed by atoms with Gasteiger partial charge in [-0.05, 0) is 38.2 Å². The van der Waals surface area contributed by atoms with Gasteiger partial charge in [0.05, 0.1) is 0 Å². The van der Waals surface area contributed by atoms with Crippen LogP contribution >= 0.6 is 24.0 Å². The highest BCUT2D eigenvalue weighted by Gasteiger charge is 2.13. The summed E-state index contributed by atoms with van der Waals surface area (Å²) in [4.78, 5) is 4.62. The average molecular weight is 303 g/mol. The van der Waals surface area contributed by atoms with E-state index in [0.717, 1.165) is 6.42 Å². The SMILES string of the molecule is CC1CCC(CC2=CCCC=C2)=N1.I. The first-order valence-electron chi connectivity index (χ1n) is 5.26. The molecule has 0 saturated carbocycles. The van der Waals surface area contributed by atoms with Crippen LogP contribution in [0, 0.1) is 0 Å². The Morgan fingerprint density at radius 2 is 2.29 bits per heavy atom. The van der Waals surface area contributed by atoms with Crippen LogP contribution in [-0.2, 0) is 0 Å². The molecule has 1 aliphatic carbocycles. The van der Waals surface area contributed by atoms with E-state index < -0.39 is 0 Å². The summed E-state index contributed by atoms with van der Waals surface area (Å²) in [5, 5.41) is 0. The van der Waals surface area contributed by atoms with Crippen LogP contribution < -0.4 is 0 Å². The first-order valence-corrected chi connectivity index (χ1v) is 5.26. The molecule has 0 aromatic carbocycles. The fraction of sp³-hybridized carbons (Fsp3) is 0.583. The molecule has 0 fully saturated rings. The zero-order valence-corrected chi connectivity index (χ0v) is 11.0. The second-order valence-corrected chi connectivity index (χ2v) is 4.02. The van der Waals surface area contributed by atoms with Crippen LogP contribution in [0.5, 0.6) is 0 Å². The van der Waals surface area contributed by atoms with Gasteiger partial charge in [0.1, 0.15) is 0 Å². The third-order valence-electron chi connectivity index (χ3n) is 2.73. The maximum atomic E-state index is 4.62. The molecule has 1 atom stereocenters. The Morgan fingerprint density at radius 1 is 1.43 bits per heavy atom. The molecule has 0 aromatic rings. The van der Waals surface area contributed by atoms with Crippen LogP contribution in [-0.4, -0.2) is 11.8 Å². The van der Waals surface area contributed by atoms with Crippen molar-refractivity contribution in [3.05, 3.63) is 23.8 Å². The van der Waals surface area contributed by atoms with Crippen LogP contribution in [0.25, 0.3) is 0 Å². The van der Waals surface area contributed by atoms with Crippen molar-refractivity contribution in [1.29, 1.82) is 0 Å². The smallest absolute Gasteiger partial charge is 0.0474 e. The molecule has 78 valence electrons. The number of allylic oxidation sites excluding steroid dienone is 4. The predicted molar refractivity (Wildman–Crippen MR) is 72.6 cm³/mol. The molecule has 2 rings (SSSR count). The molecule has 1 nitrogen and oxygen atoms in total. The van der Waals surface area contributed by atoms with Crippen molar-refractivity contribution in [3.8, 4) is 0 Å². The number of halogens is 1. The number of hydrogen-bond acceptors (Lipinski definition) is 1. The normalized spacial score (nSPS) is 25.4. The number of hydrogen-bond donors (Lipinski definition) is 0. The zero-order valence-electron chi connectivity index (χ0n) is 8.70. The minimum absolute atomic E-state index is 0. The lowest BCUT2D eigenvalue weighted by Crippen LogP contribution is -1.96. The molecule has 14 heavy (non-hydrogen) atoms. The fourth-order valence-corrected chi connectivity index (χ4v) is 1.98. The molecule has 1 aliphatic heterocycles. The first kappa shape index (κ1) is 12.0. The van der Waals surface area contributed by atoms with E-state index in [1.807, 2.05) is 0 Å². The van der Waals surface area contributed by atoms with E-state index in [9.17, 15) is 0 Å². The standard InChI is InChI=1S/C12H17N.HI/c1-10-7-8-12(13-10)9-11-5-3-2-4-6-11;/h3,5-6,10H,2,4,7-9H2,1H3;1H. The van der Waals surface area contributed by atoms with Gasteiger partial charge in [-0.3, -0.25) is 4.99 Å². The van der Waals surface area contributed by atoms with Crippen molar-refractivity contribution in [1.82, 2.24) is 0 Å². The summed E-state index contributed by atoms with van der Waals surface area (Å²) < 4.78 is 0. The second kappa shape index (κ2) is 5.69. The van der Waals surface area contributed by atoms with Crippen LogP contribution in [0.3, 0.4) is 0 Å². The molecule has 0 aromatic heterocycles. The lowest BCUT2D eigenvalue weighted by Gasteiger charge is -2.05. The summed E-state index contributed by atoms with van der Waals surface area (Å²) >= 11 is 0. The minimum Gasteiger partial charge on any atom is -0.291 e. The van der Waals surface area contributed by atoms with Gasteiger partial charge < -0.3 is 0 Å². The Kier molecular flexibility index (Phi) is 4.85. The van der Waals surface area contributed by atoms with Crippen LogP contribution in [0.2, 0.25) is 0 Å². The van der Waals surface area contributed by atoms with Gasteiger partial charge in [-0.1, -0.05) is 18.2 Å². The fourth-order valence-electron chi connectivity index (χ4n) is 1.98. The summed E-state index contributed by atoms with van der Waals surface area (Å²) in [5.74, 6) is 0. The molecule has 1 unspecified atom stereocenters. The Balaban J connectivity index is 0.000000980. The van der Waals surface area contributed by atoms with Crippen LogP contribution in [0.4, 0.5) is 0 Å². The maximum Gasteiger partial charge on any atom is 0.0474 e. The lowest BCUT2D eigenvalue weighted by atomic mass is 10.0. The van der Waals surface area contributed by atoms with Crippen molar-refractivity contribution in [3.63, 3.8) is 0 Å². The van der Waals surface area contributed by atoms with Gasteiger partial charge in [0, 0.05) is 18.2 Å². The van der Waals surface area contributed by atoms with Crippen LogP contribution in [0.15, 0.2) is 28.8 Å². The Labute approximate surface area is 103 Å². The predicted octanol–water partition coefficient (Wildman–Crippen LogP) is 3.89. The van der Waals surface area contributed by atoms with E-state index in [2.05, 4.69) is 30.1 Å². The van der Waals surface area contributed by atoms with Gasteiger partial charge in [-0.2, -0.15) is 0 Å². The molecule has 2 aliphatic rings. The molecule has 0 N–H and O–H groups in total. The van der Waals surface area contributed by atoms with Crippen molar-refractivity contribution in [2.45, 2.75) is 45.1 Å². The van der Waals surface area contributed by atoms with Gasteiger partial charge in [0.2, 0.25) is 0 Å². The third-order valence-corrected chi connectivity index (χ3v) is 2.73. The number of rotatable bonds is 2. The molecule has 0 spiro atoms. The van der Waals surface area contributed by atoms with Crippen molar-refractivity contribution in [2.24, 2.45) is 4.99 Å². The van der Waals surface area contributed by atoms with Crippen molar-refractivity contribution < 1.29 is 0 Å². The summed E-state index contributed by atoms with van der Waals surface area (Å²) in [6.45, 7) is 2.21. The van der Waals surface area contributed by atoms with Crippen LogP contribution in [0.1, 0.15) is 39.0 Å². The van der Waals surface area contributed by atoms with Gasteiger partial charge in [0.25, 0.3) is 0 Å². The Bertz CT molecular complexity index is 276. The molecule has 0 radical (unpaired) electrons. The quantitative estimate of drug-likeness (QED) is 0.686. The molecule has 0 amide bonds. The summed E-state index contributed by atoms with van der Waals surface area (Å²) in [5.41, 5.74) is 2.88. The third kappa shape index (κ3) is 3.23. The molecule has 0 saturated heterocycles. The molecule has 1 heterocycles. The summed E-state index contributed by atoms with van der Waals surface area (Å²) in [6.07, 6.45) is 12.9. The highest BCUT2D eigenvalue weighted by atomic mass is 127. The van der Waals surface area contributed by atoms with E-state index in [1.165, 1.54) is 37.0 Å². The van der Waals surface area contributed by atoms with E-state index in [1.54, 1.807) is 0 Å². The largest absolute Gasteiger partial charge is 0.291 e. The van der Waals surface area contributed by atoms with Gasteiger partial charge >= 0.3 is 0 Å². The van der Waals surface area contributed by atoms with E-state index in [-0.39, 0.29) is 24.0 Å². The monoisotopic (exact) mass is 303 g/mol. The first-order chi connectivity index (χ1) is 6.34. The topological polar surface area (TPSA) is 12.4 Å². The van der Waals surface area contributed by atoms with Crippen molar-refractivity contribution in [2.75, 3.05) is 0 Å². The highest BCUT2D eigenvalue weighted by Crippen LogP contribution is 2.20. The number of nitrogens with zero attached hydrogens (tertiary/aromatic N) is 1. The second-order valence-electron chi connectivity index (χ2n) is 4.02. The molecular formula is C12H18IN. The highest BCUT2D eigenvalue weighted by molar-refractivity contribution is 14.0. The van der Waals surface area contributed by atoms with E-state index >= 15 is 0 Å². The molecule has 0 bridgehead atoms. The average Bonchev–Trinajstić information content (AvgIpc) is 2.53.